The molecule has 9 heteroatoms. The molecule has 8 nitrogen and oxygen atoms in total. The van der Waals surface area contributed by atoms with Crippen LogP contribution >= 0.6 is 0 Å². The van der Waals surface area contributed by atoms with E-state index < -0.39 is 16.1 Å². The van der Waals surface area contributed by atoms with Crippen LogP contribution in [0.4, 0.5) is 0 Å². The van der Waals surface area contributed by atoms with Gasteiger partial charge in [-0.05, 0) is 27.2 Å². The van der Waals surface area contributed by atoms with Gasteiger partial charge in [0.25, 0.3) is 10.1 Å². The van der Waals surface area contributed by atoms with Gasteiger partial charge >= 0.3 is 5.97 Å². The molecule has 24 heavy (non-hydrogen) atoms. The minimum absolute atomic E-state index is 0. The molecule has 0 aliphatic heterocycles. The van der Waals surface area contributed by atoms with Gasteiger partial charge in [-0.25, -0.2) is 4.79 Å². The molecular weight excluding hydrogens is 338 g/mol. The van der Waals surface area contributed by atoms with Crippen molar-refractivity contribution in [2.75, 3.05) is 32.1 Å². The van der Waals surface area contributed by atoms with Gasteiger partial charge in [0.15, 0.2) is 0 Å². The van der Waals surface area contributed by atoms with Gasteiger partial charge in [0.2, 0.25) is 0 Å². The number of nitrogens with zero attached hydrogens (tertiary/aromatic N) is 1. The van der Waals surface area contributed by atoms with Crippen molar-refractivity contribution in [1.82, 2.24) is 0 Å². The first-order chi connectivity index (χ1) is 10.6. The standard InChI is InChI=1S/C15H29NO6S.H2O/c1-6-14(5)16(7-2,9-8-12-23(18,19)20)22-11-10-21-15(17)13(3)4;/h14H,3,6-12H2,1-2,4-5H3;1H2. The van der Waals surface area contributed by atoms with Crippen molar-refractivity contribution >= 4 is 16.1 Å². The van der Waals surface area contributed by atoms with Crippen LogP contribution in [0.5, 0.6) is 0 Å². The SMILES string of the molecule is C=C(C)C(=O)OCCO[N+](CC)(CCCS(=O)(=O)O)C(C)CC.[OH-]. The molecule has 0 aromatic rings. The molecule has 144 valence electrons. The number of carbonyl (C=O) groups is 1. The zero-order valence-corrected chi connectivity index (χ0v) is 15.8. The van der Waals surface area contributed by atoms with Crippen LogP contribution in [-0.2, 0) is 24.5 Å². The largest absolute Gasteiger partial charge is 0.870 e. The fourth-order valence-corrected chi connectivity index (χ4v) is 2.79. The highest BCUT2D eigenvalue weighted by Crippen LogP contribution is 2.19. The van der Waals surface area contributed by atoms with Crippen LogP contribution in [0.1, 0.15) is 40.5 Å². The fraction of sp³-hybridized carbons (Fsp3) is 0.800. The fourth-order valence-electron chi connectivity index (χ4n) is 2.30. The maximum Gasteiger partial charge on any atom is 0.333 e. The number of ether oxygens (including phenoxy) is 1. The molecule has 2 atom stereocenters. The second-order valence-corrected chi connectivity index (χ2v) is 7.21. The van der Waals surface area contributed by atoms with E-state index in [2.05, 4.69) is 6.58 Å². The predicted octanol–water partition coefficient (Wildman–Crippen LogP) is 1.77. The van der Waals surface area contributed by atoms with Crippen LogP contribution in [0.2, 0.25) is 0 Å². The van der Waals surface area contributed by atoms with E-state index in [0.717, 1.165) is 6.42 Å². The normalized spacial score (nSPS) is 15.0. The molecule has 2 unspecified atom stereocenters. The van der Waals surface area contributed by atoms with Crippen LogP contribution < -0.4 is 0 Å². The number of carbonyl (C=O) groups excluding carboxylic acids is 1. The van der Waals surface area contributed by atoms with Gasteiger partial charge in [-0.2, -0.15) is 17.9 Å². The van der Waals surface area contributed by atoms with Crippen molar-refractivity contribution in [1.29, 1.82) is 0 Å². The molecular formula is C15H31NO7S. The van der Waals surface area contributed by atoms with Crippen LogP contribution in [-0.4, -0.2) is 67.2 Å². The van der Waals surface area contributed by atoms with Gasteiger partial charge < -0.3 is 10.2 Å². The molecule has 0 bridgehead atoms. The summed E-state index contributed by atoms with van der Waals surface area (Å²) in [6.07, 6.45) is 1.15. The van der Waals surface area contributed by atoms with E-state index in [0.29, 0.717) is 25.1 Å². The molecule has 2 N–H and O–H groups in total. The van der Waals surface area contributed by atoms with Gasteiger partial charge in [-0.15, -0.1) is 0 Å². The van der Waals surface area contributed by atoms with Crippen molar-refractivity contribution in [2.45, 2.75) is 46.6 Å². The van der Waals surface area contributed by atoms with E-state index >= 15 is 0 Å². The summed E-state index contributed by atoms with van der Waals surface area (Å²) in [6.45, 7) is 12.5. The Kier molecular flexibility index (Phi) is 12.1. The highest BCUT2D eigenvalue weighted by molar-refractivity contribution is 7.85. The monoisotopic (exact) mass is 369 g/mol. The van der Waals surface area contributed by atoms with E-state index in [1.54, 1.807) is 6.92 Å². The molecule has 0 saturated carbocycles. The topological polar surface area (TPSA) is 120 Å². The molecule has 0 heterocycles. The second kappa shape index (κ2) is 11.5. The van der Waals surface area contributed by atoms with Crippen LogP contribution in [0, 0.1) is 0 Å². The lowest BCUT2D eigenvalue weighted by atomic mass is 10.2. The molecule has 0 aromatic carbocycles. The van der Waals surface area contributed by atoms with Gasteiger partial charge in [0.05, 0.1) is 5.75 Å². The lowest BCUT2D eigenvalue weighted by Crippen LogP contribution is -2.55. The zero-order chi connectivity index (χ0) is 18.1. The third-order valence-electron chi connectivity index (χ3n) is 3.88. The Morgan fingerprint density at radius 1 is 1.29 bits per heavy atom. The molecule has 0 aliphatic carbocycles. The van der Waals surface area contributed by atoms with Crippen molar-refractivity contribution in [3.05, 3.63) is 12.2 Å². The number of hydrogen-bond acceptors (Lipinski definition) is 6. The van der Waals surface area contributed by atoms with E-state index in [1.807, 2.05) is 20.8 Å². The highest BCUT2D eigenvalue weighted by atomic mass is 32.2. The van der Waals surface area contributed by atoms with Crippen LogP contribution in [0.25, 0.3) is 0 Å². The first-order valence-corrected chi connectivity index (χ1v) is 9.48. The van der Waals surface area contributed by atoms with Crippen LogP contribution in [0.3, 0.4) is 0 Å². The van der Waals surface area contributed by atoms with Crippen molar-refractivity contribution in [3.63, 3.8) is 0 Å². The molecule has 0 aliphatic rings. The van der Waals surface area contributed by atoms with Crippen LogP contribution in [0.15, 0.2) is 12.2 Å². The Bertz CT molecular complexity index is 492. The molecule has 0 fully saturated rings. The maximum absolute atomic E-state index is 11.3. The van der Waals surface area contributed by atoms with Crippen molar-refractivity contribution in [2.24, 2.45) is 0 Å². The number of esters is 1. The molecule has 0 rings (SSSR count). The average molecular weight is 369 g/mol. The summed E-state index contributed by atoms with van der Waals surface area (Å²) in [5.74, 6) is -0.754. The molecule has 0 amide bonds. The summed E-state index contributed by atoms with van der Waals surface area (Å²) < 4.78 is 35.9. The lowest BCUT2D eigenvalue weighted by Gasteiger charge is -2.39. The highest BCUT2D eigenvalue weighted by Gasteiger charge is 2.34. The Hall–Kier alpha value is -1.00. The van der Waals surface area contributed by atoms with Crippen molar-refractivity contribution < 1.29 is 37.5 Å². The second-order valence-electron chi connectivity index (χ2n) is 5.64. The summed E-state index contributed by atoms with van der Waals surface area (Å²) >= 11 is 0. The Morgan fingerprint density at radius 2 is 1.88 bits per heavy atom. The zero-order valence-electron chi connectivity index (χ0n) is 15.0. The number of rotatable bonds is 12. The van der Waals surface area contributed by atoms with Gasteiger partial charge in [-0.3, -0.25) is 4.55 Å². The summed E-state index contributed by atoms with van der Waals surface area (Å²) in [5.41, 5.74) is 0.330. The van der Waals surface area contributed by atoms with E-state index in [4.69, 9.17) is 14.1 Å². The molecule has 0 spiro atoms. The minimum Gasteiger partial charge on any atom is -0.870 e. The molecule has 0 aromatic heterocycles. The Morgan fingerprint density at radius 3 is 2.29 bits per heavy atom. The number of hydrogen-bond donors (Lipinski definition) is 1. The number of quaternary nitrogens is 1. The average Bonchev–Trinajstić information content (AvgIpc) is 2.47. The van der Waals surface area contributed by atoms with E-state index in [-0.39, 0.29) is 35.1 Å². The summed E-state index contributed by atoms with van der Waals surface area (Å²) in [6, 6.07) is 0.151. The predicted molar refractivity (Wildman–Crippen MR) is 90.1 cm³/mol. The van der Waals surface area contributed by atoms with E-state index in [1.165, 1.54) is 0 Å². The summed E-state index contributed by atoms with van der Waals surface area (Å²) in [7, 11) is -3.98. The Balaban J connectivity index is 0. The smallest absolute Gasteiger partial charge is 0.333 e. The maximum atomic E-state index is 11.3. The number of hydroxylamine groups is 3. The molecule has 0 radical (unpaired) electrons. The Labute approximate surface area is 145 Å². The third-order valence-corrected chi connectivity index (χ3v) is 4.69. The van der Waals surface area contributed by atoms with Gasteiger partial charge in [-0.1, -0.05) is 13.5 Å². The first-order valence-electron chi connectivity index (χ1n) is 7.87. The quantitative estimate of drug-likeness (QED) is 0.139. The summed E-state index contributed by atoms with van der Waals surface area (Å²) in [4.78, 5) is 17.3. The third kappa shape index (κ3) is 9.33. The minimum atomic E-state index is -3.98. The first kappa shape index (κ1) is 25.2. The van der Waals surface area contributed by atoms with Gasteiger partial charge in [0, 0.05) is 12.0 Å². The van der Waals surface area contributed by atoms with Gasteiger partial charge in [0.1, 0.15) is 32.3 Å². The van der Waals surface area contributed by atoms with E-state index in [9.17, 15) is 13.2 Å². The summed E-state index contributed by atoms with van der Waals surface area (Å²) in [5, 5.41) is 0. The molecule has 0 saturated heterocycles. The van der Waals surface area contributed by atoms with Crippen molar-refractivity contribution in [3.8, 4) is 0 Å². The lowest BCUT2D eigenvalue weighted by molar-refractivity contribution is -1.12.